The molecule has 0 saturated carbocycles. The summed E-state index contributed by atoms with van der Waals surface area (Å²) in [7, 11) is 0. The van der Waals surface area contributed by atoms with Crippen molar-refractivity contribution in [3.05, 3.63) is 61.7 Å². The Kier molecular flexibility index (Phi) is 3.92. The van der Waals surface area contributed by atoms with E-state index >= 15 is 0 Å². The highest BCUT2D eigenvalue weighted by Crippen LogP contribution is 2.40. The Morgan fingerprint density at radius 3 is 2.80 bits per heavy atom. The molecule has 0 saturated heterocycles. The van der Waals surface area contributed by atoms with Gasteiger partial charge in [0.05, 0.1) is 6.04 Å². The normalized spacial score (nSPS) is 17.6. The van der Waals surface area contributed by atoms with Gasteiger partial charge in [-0.05, 0) is 34.9 Å². The first-order valence-electron chi connectivity index (χ1n) is 7.48. The molecule has 9 heteroatoms. The molecule has 1 aliphatic rings. The van der Waals surface area contributed by atoms with Crippen molar-refractivity contribution in [2.75, 3.05) is 6.54 Å². The zero-order valence-electron chi connectivity index (χ0n) is 12.7. The number of nitrogens with zero attached hydrogens (tertiary/aromatic N) is 2. The number of fused-ring (bicyclic) bond motifs is 1. The van der Waals surface area contributed by atoms with Crippen LogP contribution in [0.2, 0.25) is 0 Å². The highest BCUT2D eigenvalue weighted by atomic mass is 32.1. The molecule has 0 bridgehead atoms. The number of alkyl halides is 3. The minimum Gasteiger partial charge on any atom is -0.325 e. The molecule has 1 amide bonds. The third-order valence-corrected chi connectivity index (χ3v) is 6.06. The largest absolute Gasteiger partial charge is 0.432 e. The number of halogens is 3. The van der Waals surface area contributed by atoms with Gasteiger partial charge in [-0.3, -0.25) is 9.89 Å². The van der Waals surface area contributed by atoms with E-state index in [1.807, 2.05) is 34.1 Å². The highest BCUT2D eigenvalue weighted by molar-refractivity contribution is 7.10. The van der Waals surface area contributed by atoms with Crippen LogP contribution in [0.5, 0.6) is 0 Å². The molecule has 25 heavy (non-hydrogen) atoms. The molecule has 3 aromatic heterocycles. The van der Waals surface area contributed by atoms with Crippen molar-refractivity contribution in [1.82, 2.24) is 15.1 Å². The van der Waals surface area contributed by atoms with Crippen LogP contribution in [0.25, 0.3) is 0 Å². The summed E-state index contributed by atoms with van der Waals surface area (Å²) in [6.07, 6.45) is -3.86. The van der Waals surface area contributed by atoms with Crippen LogP contribution < -0.4 is 0 Å². The molecule has 4 heterocycles. The number of amides is 1. The summed E-state index contributed by atoms with van der Waals surface area (Å²) in [4.78, 5) is 16.7. The summed E-state index contributed by atoms with van der Waals surface area (Å²) in [5.74, 6) is -0.498. The van der Waals surface area contributed by atoms with E-state index in [0.29, 0.717) is 13.0 Å². The zero-order valence-corrected chi connectivity index (χ0v) is 14.3. The SMILES string of the molecule is O=C(c1cc(C(F)(F)F)[nH]n1)N1CCc2sccc2C1c1cccs1. The number of hydrogen-bond acceptors (Lipinski definition) is 4. The van der Waals surface area contributed by atoms with Crippen molar-refractivity contribution < 1.29 is 18.0 Å². The van der Waals surface area contributed by atoms with Crippen LogP contribution in [0, 0.1) is 0 Å². The van der Waals surface area contributed by atoms with Gasteiger partial charge in [-0.1, -0.05) is 6.07 Å². The number of aromatic nitrogens is 2. The molecule has 0 radical (unpaired) electrons. The van der Waals surface area contributed by atoms with Crippen molar-refractivity contribution in [1.29, 1.82) is 0 Å². The minimum atomic E-state index is -4.55. The smallest absolute Gasteiger partial charge is 0.325 e. The predicted octanol–water partition coefficient (Wildman–Crippen LogP) is 4.34. The molecule has 0 fully saturated rings. The van der Waals surface area contributed by atoms with Gasteiger partial charge in [-0.2, -0.15) is 18.3 Å². The molecule has 4 rings (SSSR count). The molecule has 130 valence electrons. The average molecular weight is 383 g/mol. The van der Waals surface area contributed by atoms with E-state index in [2.05, 4.69) is 5.10 Å². The maximum atomic E-state index is 12.9. The maximum absolute atomic E-state index is 12.9. The van der Waals surface area contributed by atoms with Crippen molar-refractivity contribution in [3.63, 3.8) is 0 Å². The first-order valence-corrected chi connectivity index (χ1v) is 9.24. The third-order valence-electron chi connectivity index (χ3n) is 4.14. The topological polar surface area (TPSA) is 49.0 Å². The third kappa shape index (κ3) is 2.87. The number of aromatic amines is 1. The Hall–Kier alpha value is -2.13. The van der Waals surface area contributed by atoms with Crippen LogP contribution in [0.3, 0.4) is 0 Å². The van der Waals surface area contributed by atoms with Crippen molar-refractivity contribution >= 4 is 28.6 Å². The molecule has 0 aromatic carbocycles. The number of rotatable bonds is 2. The van der Waals surface area contributed by atoms with Crippen molar-refractivity contribution in [2.24, 2.45) is 0 Å². The Labute approximate surface area is 148 Å². The van der Waals surface area contributed by atoms with Crippen molar-refractivity contribution in [2.45, 2.75) is 18.6 Å². The summed E-state index contributed by atoms with van der Waals surface area (Å²) >= 11 is 3.16. The summed E-state index contributed by atoms with van der Waals surface area (Å²) in [5.41, 5.74) is -0.192. The Morgan fingerprint density at radius 2 is 2.12 bits per heavy atom. The maximum Gasteiger partial charge on any atom is 0.432 e. The van der Waals surface area contributed by atoms with E-state index in [0.717, 1.165) is 16.5 Å². The second-order valence-electron chi connectivity index (χ2n) is 5.63. The van der Waals surface area contributed by atoms with Crippen molar-refractivity contribution in [3.8, 4) is 0 Å². The lowest BCUT2D eigenvalue weighted by Gasteiger charge is -2.35. The van der Waals surface area contributed by atoms with E-state index in [-0.39, 0.29) is 11.7 Å². The molecule has 0 spiro atoms. The highest BCUT2D eigenvalue weighted by Gasteiger charge is 2.37. The number of carbonyl (C=O) groups excluding carboxylic acids is 1. The lowest BCUT2D eigenvalue weighted by atomic mass is 9.98. The fourth-order valence-electron chi connectivity index (χ4n) is 3.01. The first kappa shape index (κ1) is 16.3. The van der Waals surface area contributed by atoms with Crippen LogP contribution in [-0.2, 0) is 12.6 Å². The van der Waals surface area contributed by atoms with Crippen LogP contribution in [0.15, 0.2) is 35.0 Å². The van der Waals surface area contributed by atoms with Crippen LogP contribution in [0.4, 0.5) is 13.2 Å². The van der Waals surface area contributed by atoms with Crippen LogP contribution >= 0.6 is 22.7 Å². The van der Waals surface area contributed by atoms with Gasteiger partial charge in [0.1, 0.15) is 5.69 Å². The van der Waals surface area contributed by atoms with Gasteiger partial charge in [0.25, 0.3) is 5.91 Å². The van der Waals surface area contributed by atoms with Gasteiger partial charge in [0, 0.05) is 22.4 Å². The number of hydrogen-bond donors (Lipinski definition) is 1. The predicted molar refractivity (Wildman–Crippen MR) is 88.8 cm³/mol. The lowest BCUT2D eigenvalue weighted by molar-refractivity contribution is -0.141. The van der Waals surface area contributed by atoms with Crippen LogP contribution in [-0.4, -0.2) is 27.5 Å². The standard InChI is InChI=1S/C16H12F3N3OS2/c17-16(18,19)13-8-10(20-21-13)15(23)22-5-3-11-9(4-7-25-11)14(22)12-2-1-6-24-12/h1-2,4,6-8,14H,3,5H2,(H,20,21). The Morgan fingerprint density at radius 1 is 1.28 bits per heavy atom. The van der Waals surface area contributed by atoms with Gasteiger partial charge < -0.3 is 4.90 Å². The fourth-order valence-corrected chi connectivity index (χ4v) is 4.77. The van der Waals surface area contributed by atoms with Crippen LogP contribution in [0.1, 0.15) is 37.5 Å². The van der Waals surface area contributed by atoms with E-state index in [1.54, 1.807) is 16.2 Å². The molecule has 4 nitrogen and oxygen atoms in total. The Balaban J connectivity index is 1.71. The lowest BCUT2D eigenvalue weighted by Crippen LogP contribution is -2.40. The summed E-state index contributed by atoms with van der Waals surface area (Å²) in [5, 5.41) is 9.41. The molecular formula is C16H12F3N3OS2. The second-order valence-corrected chi connectivity index (χ2v) is 7.61. The Bertz CT molecular complexity index is 898. The fraction of sp³-hybridized carbons (Fsp3) is 0.250. The molecular weight excluding hydrogens is 371 g/mol. The zero-order chi connectivity index (χ0) is 17.6. The quantitative estimate of drug-likeness (QED) is 0.716. The van der Waals surface area contributed by atoms with E-state index < -0.39 is 17.8 Å². The van der Waals surface area contributed by atoms with Gasteiger partial charge in [-0.15, -0.1) is 22.7 Å². The molecule has 1 aliphatic heterocycles. The molecule has 1 atom stereocenters. The van der Waals surface area contributed by atoms with E-state index in [1.165, 1.54) is 16.2 Å². The number of thiophene rings is 2. The second kappa shape index (κ2) is 5.99. The molecule has 1 unspecified atom stereocenters. The number of nitrogens with one attached hydrogen (secondary N) is 1. The minimum absolute atomic E-state index is 0.215. The summed E-state index contributed by atoms with van der Waals surface area (Å²) in [6, 6.07) is 6.31. The average Bonchev–Trinajstić information content (AvgIpc) is 3.32. The molecule has 1 N–H and O–H groups in total. The monoisotopic (exact) mass is 383 g/mol. The van der Waals surface area contributed by atoms with Gasteiger partial charge in [0.2, 0.25) is 0 Å². The number of carbonyl (C=O) groups is 1. The summed E-state index contributed by atoms with van der Waals surface area (Å²) < 4.78 is 38.3. The van der Waals surface area contributed by atoms with Gasteiger partial charge in [0.15, 0.2) is 5.69 Å². The number of H-pyrrole nitrogens is 1. The van der Waals surface area contributed by atoms with E-state index in [9.17, 15) is 18.0 Å². The van der Waals surface area contributed by atoms with Gasteiger partial charge >= 0.3 is 6.18 Å². The van der Waals surface area contributed by atoms with Gasteiger partial charge in [-0.25, -0.2) is 0 Å². The molecule has 0 aliphatic carbocycles. The first-order chi connectivity index (χ1) is 11.9. The summed E-state index contributed by atoms with van der Waals surface area (Å²) in [6.45, 7) is 0.448. The molecule has 3 aromatic rings. The van der Waals surface area contributed by atoms with E-state index in [4.69, 9.17) is 0 Å².